The molecule has 2 amide bonds. The molecule has 0 bridgehead atoms. The summed E-state index contributed by atoms with van der Waals surface area (Å²) in [5.41, 5.74) is 3.50. The predicted molar refractivity (Wildman–Crippen MR) is 119 cm³/mol. The molecule has 4 N–H and O–H groups in total. The Morgan fingerprint density at radius 3 is 2.65 bits per heavy atom. The molecule has 31 heavy (non-hydrogen) atoms. The highest BCUT2D eigenvalue weighted by Crippen LogP contribution is 2.44. The lowest BCUT2D eigenvalue weighted by atomic mass is 9.73. The first-order chi connectivity index (χ1) is 14.6. The number of fused-ring (bicyclic) bond motifs is 1. The average molecular weight is 446 g/mol. The molecular formula is C23H31N3O4S. The molecule has 0 spiro atoms. The molecule has 1 aromatic heterocycles. The Morgan fingerprint density at radius 2 is 2.03 bits per heavy atom. The van der Waals surface area contributed by atoms with E-state index in [-0.39, 0.29) is 5.09 Å². The Kier molecular flexibility index (Phi) is 5.64. The Balaban J connectivity index is 1.57. The van der Waals surface area contributed by atoms with E-state index in [9.17, 15) is 14.1 Å². The largest absolute Gasteiger partial charge is 0.452 e. The molecule has 2 aromatic rings. The van der Waals surface area contributed by atoms with Gasteiger partial charge >= 0.3 is 6.03 Å². The van der Waals surface area contributed by atoms with Gasteiger partial charge in [-0.05, 0) is 74.5 Å². The van der Waals surface area contributed by atoms with E-state index in [1.54, 1.807) is 13.8 Å². The number of hydrogen-bond acceptors (Lipinski definition) is 5. The molecule has 1 saturated carbocycles. The van der Waals surface area contributed by atoms with Crippen LogP contribution < -0.4 is 10.0 Å². The van der Waals surface area contributed by atoms with Crippen molar-refractivity contribution in [3.05, 3.63) is 46.7 Å². The molecule has 8 heteroatoms. The number of carbonyl (C=O) groups excluding carboxylic acids is 1. The van der Waals surface area contributed by atoms with Crippen molar-refractivity contribution in [2.75, 3.05) is 5.32 Å². The summed E-state index contributed by atoms with van der Waals surface area (Å²) < 4.78 is 28.5. The minimum atomic E-state index is -3.72. The van der Waals surface area contributed by atoms with Crippen LogP contribution in [0.15, 0.2) is 34.0 Å². The van der Waals surface area contributed by atoms with Gasteiger partial charge in [0.1, 0.15) is 0 Å². The number of aliphatic hydroxyl groups is 1. The zero-order valence-corrected chi connectivity index (χ0v) is 19.1. The van der Waals surface area contributed by atoms with Crippen LogP contribution >= 0.6 is 0 Å². The first-order valence-corrected chi connectivity index (χ1v) is 12.5. The summed E-state index contributed by atoms with van der Waals surface area (Å²) in [5, 5.41) is 12.8. The highest BCUT2D eigenvalue weighted by atomic mass is 32.2. The van der Waals surface area contributed by atoms with Gasteiger partial charge in [-0.15, -0.1) is 0 Å². The van der Waals surface area contributed by atoms with Gasteiger partial charge < -0.3 is 14.8 Å². The van der Waals surface area contributed by atoms with Crippen LogP contribution in [0.4, 0.5) is 10.5 Å². The maximum absolute atomic E-state index is 12.9. The summed E-state index contributed by atoms with van der Waals surface area (Å²) >= 11 is 0. The van der Waals surface area contributed by atoms with Crippen LogP contribution in [0.3, 0.4) is 0 Å². The van der Waals surface area contributed by atoms with Crippen LogP contribution in [0.2, 0.25) is 0 Å². The number of amides is 2. The third-order valence-electron chi connectivity index (χ3n) is 6.70. The lowest BCUT2D eigenvalue weighted by molar-refractivity contribution is 0.0779. The summed E-state index contributed by atoms with van der Waals surface area (Å²) in [6.07, 6.45) is 7.85. The topological polar surface area (TPSA) is 115 Å². The Morgan fingerprint density at radius 1 is 1.29 bits per heavy atom. The highest BCUT2D eigenvalue weighted by Gasteiger charge is 2.30. The van der Waals surface area contributed by atoms with E-state index >= 15 is 0 Å². The Labute approximate surface area is 183 Å². The number of nitrogens with one attached hydrogen (secondary N) is 3. The molecule has 0 radical (unpaired) electrons. The zero-order valence-electron chi connectivity index (χ0n) is 18.3. The normalized spacial score (nSPS) is 19.2. The summed E-state index contributed by atoms with van der Waals surface area (Å²) in [7, 11) is -3.72. The molecule has 2 aliphatic rings. The number of benzene rings is 1. The fourth-order valence-electron chi connectivity index (χ4n) is 4.51. The van der Waals surface area contributed by atoms with Gasteiger partial charge in [0.25, 0.3) is 0 Å². The maximum atomic E-state index is 12.9. The van der Waals surface area contributed by atoms with E-state index in [1.807, 2.05) is 0 Å². The van der Waals surface area contributed by atoms with Crippen molar-refractivity contribution in [3.63, 3.8) is 0 Å². The molecule has 168 valence electrons. The number of anilines is 1. The van der Waals surface area contributed by atoms with Gasteiger partial charge in [0.15, 0.2) is 9.92 Å². The maximum Gasteiger partial charge on any atom is 0.332 e. The molecule has 1 aromatic carbocycles. The van der Waals surface area contributed by atoms with Crippen molar-refractivity contribution >= 4 is 21.6 Å². The van der Waals surface area contributed by atoms with Gasteiger partial charge in [-0.3, -0.25) is 0 Å². The molecule has 1 fully saturated rings. The van der Waals surface area contributed by atoms with Crippen LogP contribution in [-0.4, -0.2) is 15.3 Å². The first kappa shape index (κ1) is 21.9. The number of aryl methyl sites for hydroxylation is 1. The zero-order chi connectivity index (χ0) is 22.4. The average Bonchev–Trinajstić information content (AvgIpc) is 3.29. The number of carbonyl (C=O) groups is 1. The van der Waals surface area contributed by atoms with Gasteiger partial charge in [0.2, 0.25) is 5.09 Å². The fraction of sp³-hybridized carbons (Fsp3) is 0.522. The fourth-order valence-corrected chi connectivity index (χ4v) is 5.40. The molecule has 4 rings (SSSR count). The van der Waals surface area contributed by atoms with Crippen molar-refractivity contribution in [2.45, 2.75) is 75.9 Å². The van der Waals surface area contributed by atoms with E-state index in [0.717, 1.165) is 36.1 Å². The molecule has 2 atom stereocenters. The van der Waals surface area contributed by atoms with E-state index in [1.165, 1.54) is 37.2 Å². The Bertz CT molecular complexity index is 1090. The van der Waals surface area contributed by atoms with Crippen LogP contribution in [-0.2, 0) is 28.4 Å². The van der Waals surface area contributed by atoms with E-state index in [2.05, 4.69) is 29.1 Å². The molecular weight excluding hydrogens is 414 g/mol. The minimum Gasteiger partial charge on any atom is -0.452 e. The van der Waals surface area contributed by atoms with Crippen molar-refractivity contribution < 1.29 is 18.5 Å². The molecule has 7 nitrogen and oxygen atoms in total. The molecule has 2 aliphatic carbocycles. The van der Waals surface area contributed by atoms with Gasteiger partial charge in [-0.1, -0.05) is 25.5 Å². The smallest absolute Gasteiger partial charge is 0.332 e. The van der Waals surface area contributed by atoms with E-state index in [0.29, 0.717) is 17.4 Å². The lowest BCUT2D eigenvalue weighted by Gasteiger charge is -2.33. The minimum absolute atomic E-state index is 0.193. The van der Waals surface area contributed by atoms with Crippen LogP contribution in [0, 0.1) is 10.7 Å². The molecule has 1 heterocycles. The Hall–Kier alpha value is -2.32. The number of hydrogen-bond donors (Lipinski definition) is 4. The monoisotopic (exact) mass is 445 g/mol. The number of urea groups is 1. The van der Waals surface area contributed by atoms with Crippen LogP contribution in [0.25, 0.3) is 0 Å². The van der Waals surface area contributed by atoms with Crippen LogP contribution in [0.1, 0.15) is 74.6 Å². The third kappa shape index (κ3) is 4.36. The second kappa shape index (κ2) is 7.98. The first-order valence-electron chi connectivity index (χ1n) is 10.9. The summed E-state index contributed by atoms with van der Waals surface area (Å²) in [6.45, 7) is 5.33. The number of furan rings is 1. The summed E-state index contributed by atoms with van der Waals surface area (Å²) in [4.78, 5) is 12.8. The van der Waals surface area contributed by atoms with E-state index in [4.69, 9.17) is 9.20 Å². The second-order valence-corrected chi connectivity index (χ2v) is 11.0. The lowest BCUT2D eigenvalue weighted by Crippen LogP contribution is -2.34. The molecule has 0 aliphatic heterocycles. The van der Waals surface area contributed by atoms with Crippen LogP contribution in [0.5, 0.6) is 0 Å². The van der Waals surface area contributed by atoms with Crippen molar-refractivity contribution in [2.24, 2.45) is 5.92 Å². The number of rotatable bonds is 6. The van der Waals surface area contributed by atoms with Gasteiger partial charge in [0.05, 0.1) is 11.9 Å². The van der Waals surface area contributed by atoms with Crippen molar-refractivity contribution in [3.8, 4) is 0 Å². The second-order valence-electron chi connectivity index (χ2n) is 9.33. The quantitative estimate of drug-likeness (QED) is 0.498. The molecule has 0 saturated heterocycles. The van der Waals surface area contributed by atoms with Gasteiger partial charge in [-0.2, -0.15) is 0 Å². The van der Waals surface area contributed by atoms with Gasteiger partial charge in [-0.25, -0.2) is 18.5 Å². The van der Waals surface area contributed by atoms with Gasteiger partial charge in [0, 0.05) is 17.3 Å². The highest BCUT2D eigenvalue weighted by molar-refractivity contribution is 7.91. The third-order valence-corrected chi connectivity index (χ3v) is 7.96. The molecule has 0 unspecified atom stereocenters. The SMILES string of the molecule is C[C@@H](c1ccc2c(c1NC(=O)N[S@@](=N)(=O)c1cc(C(C)(C)O)co1)CCC2)C1CCC1. The summed E-state index contributed by atoms with van der Waals surface area (Å²) in [5.74, 6) is 0.946. The van der Waals surface area contributed by atoms with Crippen molar-refractivity contribution in [1.29, 1.82) is 4.78 Å². The van der Waals surface area contributed by atoms with Crippen molar-refractivity contribution in [1.82, 2.24) is 4.72 Å². The standard InChI is InChI=1S/C23H31N3O4S/c1-14(15-6-4-7-15)18-11-10-16-8-5-9-19(16)21(18)25-22(27)26-31(24,29)20-12-17(13-30-20)23(2,3)28/h10-15,28H,4-9H2,1-3H3,(H3,24,25,26,27,29)/t14-,31-/m1/s1. The van der Waals surface area contributed by atoms with E-state index < -0.39 is 21.5 Å². The predicted octanol–water partition coefficient (Wildman–Crippen LogP) is 5.04. The summed E-state index contributed by atoms with van der Waals surface area (Å²) in [6, 6.07) is 4.94.